The molecular weight excluding hydrogens is 152 g/mol. The molecule has 1 saturated carbocycles. The Bertz CT molecular complexity index is 265. The highest BCUT2D eigenvalue weighted by molar-refractivity contribution is 5.05. The minimum Gasteiger partial charge on any atom is -0.386 e. The molecule has 0 aromatic carbocycles. The van der Waals surface area contributed by atoms with Crippen molar-refractivity contribution in [3.63, 3.8) is 0 Å². The molecule has 0 amide bonds. The molecule has 1 aliphatic carbocycles. The molecule has 0 aliphatic heterocycles. The van der Waals surface area contributed by atoms with Crippen molar-refractivity contribution in [2.24, 2.45) is 13.0 Å². The van der Waals surface area contributed by atoms with Crippen molar-refractivity contribution in [2.45, 2.75) is 25.4 Å². The Morgan fingerprint density at radius 3 is 2.83 bits per heavy atom. The highest BCUT2D eigenvalue weighted by Gasteiger charge is 2.27. The van der Waals surface area contributed by atoms with Crippen molar-refractivity contribution in [1.29, 1.82) is 0 Å². The van der Waals surface area contributed by atoms with Crippen LogP contribution in [-0.4, -0.2) is 14.9 Å². The first kappa shape index (κ1) is 7.80. The third kappa shape index (κ3) is 1.25. The fourth-order valence-electron chi connectivity index (χ4n) is 1.59. The van der Waals surface area contributed by atoms with E-state index in [0.29, 0.717) is 5.92 Å². The van der Waals surface area contributed by atoms with Crippen LogP contribution in [0, 0.1) is 5.92 Å². The van der Waals surface area contributed by atoms with E-state index >= 15 is 0 Å². The summed E-state index contributed by atoms with van der Waals surface area (Å²) in [6, 6.07) is 1.89. The Balaban J connectivity index is 2.08. The van der Waals surface area contributed by atoms with Crippen LogP contribution in [0.5, 0.6) is 0 Å². The molecule has 3 nitrogen and oxygen atoms in total. The van der Waals surface area contributed by atoms with Crippen molar-refractivity contribution in [2.75, 3.05) is 0 Å². The van der Waals surface area contributed by atoms with Gasteiger partial charge in [0.05, 0.1) is 5.69 Å². The van der Waals surface area contributed by atoms with Gasteiger partial charge in [-0.3, -0.25) is 4.68 Å². The van der Waals surface area contributed by atoms with Gasteiger partial charge in [0, 0.05) is 13.2 Å². The number of aryl methyl sites for hydroxylation is 1. The third-order valence-electron chi connectivity index (χ3n) is 2.63. The van der Waals surface area contributed by atoms with Gasteiger partial charge in [-0.25, -0.2) is 0 Å². The molecule has 3 heteroatoms. The van der Waals surface area contributed by atoms with Gasteiger partial charge in [-0.15, -0.1) is 0 Å². The maximum atomic E-state index is 9.78. The van der Waals surface area contributed by atoms with Crippen LogP contribution in [0.2, 0.25) is 0 Å². The van der Waals surface area contributed by atoms with Crippen molar-refractivity contribution in [1.82, 2.24) is 9.78 Å². The van der Waals surface area contributed by atoms with E-state index in [1.807, 2.05) is 19.3 Å². The van der Waals surface area contributed by atoms with Gasteiger partial charge in [0.15, 0.2) is 0 Å². The van der Waals surface area contributed by atoms with Gasteiger partial charge in [0.1, 0.15) is 6.10 Å². The van der Waals surface area contributed by atoms with Gasteiger partial charge in [-0.05, 0) is 24.8 Å². The van der Waals surface area contributed by atoms with Crippen LogP contribution in [0.25, 0.3) is 0 Å². The lowest BCUT2D eigenvalue weighted by Crippen LogP contribution is -2.20. The molecule has 1 fully saturated rings. The minimum atomic E-state index is -0.333. The molecule has 1 atom stereocenters. The molecule has 1 unspecified atom stereocenters. The molecule has 1 aromatic rings. The van der Waals surface area contributed by atoms with Crippen LogP contribution in [0.3, 0.4) is 0 Å². The quantitative estimate of drug-likeness (QED) is 0.718. The summed E-state index contributed by atoms with van der Waals surface area (Å²) in [4.78, 5) is 0. The predicted molar refractivity (Wildman–Crippen MR) is 45.5 cm³/mol. The van der Waals surface area contributed by atoms with Crippen LogP contribution in [0.15, 0.2) is 12.3 Å². The van der Waals surface area contributed by atoms with Crippen molar-refractivity contribution in [3.8, 4) is 0 Å². The van der Waals surface area contributed by atoms with E-state index in [1.54, 1.807) is 4.68 Å². The molecular formula is C9H14N2O. The molecule has 0 bridgehead atoms. The van der Waals surface area contributed by atoms with Crippen LogP contribution in [0.4, 0.5) is 0 Å². The Labute approximate surface area is 72.0 Å². The molecule has 0 radical (unpaired) electrons. The summed E-state index contributed by atoms with van der Waals surface area (Å²) in [6.45, 7) is 0. The lowest BCUT2D eigenvalue weighted by atomic mass is 9.80. The summed E-state index contributed by atoms with van der Waals surface area (Å²) in [5, 5.41) is 14.0. The fourth-order valence-corrected chi connectivity index (χ4v) is 1.59. The first-order valence-electron chi connectivity index (χ1n) is 4.45. The number of hydrogen-bond donors (Lipinski definition) is 1. The zero-order chi connectivity index (χ0) is 8.55. The predicted octanol–water partition coefficient (Wildman–Crippen LogP) is 1.25. The number of aromatic nitrogens is 2. The van der Waals surface area contributed by atoms with Crippen LogP contribution in [-0.2, 0) is 7.05 Å². The maximum Gasteiger partial charge on any atom is 0.101 e. The monoisotopic (exact) mass is 166 g/mol. The summed E-state index contributed by atoms with van der Waals surface area (Å²) in [7, 11) is 1.87. The van der Waals surface area contributed by atoms with Crippen LogP contribution >= 0.6 is 0 Å². The lowest BCUT2D eigenvalue weighted by molar-refractivity contribution is 0.0582. The van der Waals surface area contributed by atoms with E-state index < -0.39 is 0 Å². The topological polar surface area (TPSA) is 38.0 Å². The van der Waals surface area contributed by atoms with Crippen LogP contribution in [0.1, 0.15) is 31.1 Å². The average molecular weight is 166 g/mol. The molecule has 2 rings (SSSR count). The minimum absolute atomic E-state index is 0.333. The smallest absolute Gasteiger partial charge is 0.101 e. The largest absolute Gasteiger partial charge is 0.386 e. The second kappa shape index (κ2) is 2.90. The number of nitrogens with zero attached hydrogens (tertiary/aromatic N) is 2. The number of aliphatic hydroxyl groups excluding tert-OH is 1. The van der Waals surface area contributed by atoms with E-state index in [1.165, 1.54) is 6.42 Å². The first-order valence-corrected chi connectivity index (χ1v) is 4.45. The standard InChI is InChI=1S/C9H14N2O/c1-11-6-5-8(10-11)9(12)7-3-2-4-7/h5-7,9,12H,2-4H2,1H3. The SMILES string of the molecule is Cn1ccc(C(O)C2CCC2)n1. The van der Waals surface area contributed by atoms with E-state index in [2.05, 4.69) is 5.10 Å². The summed E-state index contributed by atoms with van der Waals surface area (Å²) in [5.74, 6) is 0.458. The second-order valence-electron chi connectivity index (χ2n) is 3.55. The van der Waals surface area contributed by atoms with Gasteiger partial charge < -0.3 is 5.11 Å². The Morgan fingerprint density at radius 2 is 2.42 bits per heavy atom. The zero-order valence-electron chi connectivity index (χ0n) is 7.27. The fraction of sp³-hybridized carbons (Fsp3) is 0.667. The van der Waals surface area contributed by atoms with Crippen molar-refractivity contribution in [3.05, 3.63) is 18.0 Å². The van der Waals surface area contributed by atoms with Gasteiger partial charge in [-0.2, -0.15) is 5.10 Å². The van der Waals surface area contributed by atoms with E-state index in [9.17, 15) is 5.11 Å². The number of hydrogen-bond acceptors (Lipinski definition) is 2. The Morgan fingerprint density at radius 1 is 1.67 bits per heavy atom. The molecule has 66 valence electrons. The maximum absolute atomic E-state index is 9.78. The second-order valence-corrected chi connectivity index (χ2v) is 3.55. The molecule has 1 N–H and O–H groups in total. The van der Waals surface area contributed by atoms with Crippen LogP contribution < -0.4 is 0 Å². The summed E-state index contributed by atoms with van der Waals surface area (Å²) in [5.41, 5.74) is 0.821. The molecule has 0 saturated heterocycles. The molecule has 1 heterocycles. The summed E-state index contributed by atoms with van der Waals surface area (Å²) >= 11 is 0. The lowest BCUT2D eigenvalue weighted by Gasteiger charge is -2.29. The zero-order valence-corrected chi connectivity index (χ0v) is 7.27. The van der Waals surface area contributed by atoms with Crippen molar-refractivity contribution >= 4 is 0 Å². The highest BCUT2D eigenvalue weighted by atomic mass is 16.3. The van der Waals surface area contributed by atoms with Crippen molar-refractivity contribution < 1.29 is 5.11 Å². The third-order valence-corrected chi connectivity index (χ3v) is 2.63. The van der Waals surface area contributed by atoms with Gasteiger partial charge in [0.25, 0.3) is 0 Å². The Hall–Kier alpha value is -0.830. The van der Waals surface area contributed by atoms with Gasteiger partial charge in [0.2, 0.25) is 0 Å². The van der Waals surface area contributed by atoms with E-state index in [-0.39, 0.29) is 6.10 Å². The molecule has 12 heavy (non-hydrogen) atoms. The molecule has 1 aromatic heterocycles. The highest BCUT2D eigenvalue weighted by Crippen LogP contribution is 2.36. The van der Waals surface area contributed by atoms with E-state index in [4.69, 9.17) is 0 Å². The Kier molecular flexibility index (Phi) is 1.89. The summed E-state index contributed by atoms with van der Waals surface area (Å²) in [6.07, 6.45) is 5.10. The normalized spacial score (nSPS) is 20.5. The van der Waals surface area contributed by atoms with Gasteiger partial charge in [-0.1, -0.05) is 6.42 Å². The summed E-state index contributed by atoms with van der Waals surface area (Å²) < 4.78 is 1.73. The first-order chi connectivity index (χ1) is 5.77. The average Bonchev–Trinajstić information content (AvgIpc) is 2.31. The number of aliphatic hydroxyl groups is 1. The molecule has 0 spiro atoms. The van der Waals surface area contributed by atoms with Gasteiger partial charge >= 0.3 is 0 Å². The van der Waals surface area contributed by atoms with E-state index in [0.717, 1.165) is 18.5 Å². The number of rotatable bonds is 2. The molecule has 1 aliphatic rings.